The van der Waals surface area contributed by atoms with Crippen molar-refractivity contribution in [2.45, 2.75) is 12.8 Å². The molecule has 1 N–H and O–H groups in total. The van der Waals surface area contributed by atoms with E-state index >= 15 is 0 Å². The minimum absolute atomic E-state index is 0.0847. The van der Waals surface area contributed by atoms with Gasteiger partial charge in [-0.3, -0.25) is 4.79 Å². The van der Waals surface area contributed by atoms with Crippen LogP contribution in [0.2, 0.25) is 5.02 Å². The third-order valence-electron chi connectivity index (χ3n) is 2.94. The molecule has 9 heteroatoms. The van der Waals surface area contributed by atoms with Gasteiger partial charge in [0.25, 0.3) is 5.91 Å². The van der Waals surface area contributed by atoms with Gasteiger partial charge in [0.15, 0.2) is 6.61 Å². The van der Waals surface area contributed by atoms with Crippen LogP contribution in [0.5, 0.6) is 5.88 Å². The molecule has 0 radical (unpaired) electrons. The summed E-state index contributed by atoms with van der Waals surface area (Å²) in [6.07, 6.45) is -3.42. The SMILES string of the molecule is COCc1cccc(NC(=O)c2cnc(OCC(F)(F)F)c(Cl)c2)c1. The number of amides is 1. The fourth-order valence-corrected chi connectivity index (χ4v) is 2.14. The van der Waals surface area contributed by atoms with Crippen molar-refractivity contribution in [3.8, 4) is 5.88 Å². The summed E-state index contributed by atoms with van der Waals surface area (Å²) in [5.74, 6) is -0.899. The number of carbonyl (C=O) groups excluding carboxylic acids is 1. The molecule has 0 unspecified atom stereocenters. The van der Waals surface area contributed by atoms with E-state index in [4.69, 9.17) is 16.3 Å². The van der Waals surface area contributed by atoms with Crippen LogP contribution in [0, 0.1) is 0 Å². The van der Waals surface area contributed by atoms with Crippen molar-refractivity contribution in [1.29, 1.82) is 0 Å². The third kappa shape index (κ3) is 5.91. The second kappa shape index (κ2) is 8.17. The van der Waals surface area contributed by atoms with Crippen LogP contribution >= 0.6 is 11.6 Å². The van der Waals surface area contributed by atoms with E-state index < -0.39 is 24.6 Å². The van der Waals surface area contributed by atoms with Crippen molar-refractivity contribution in [3.63, 3.8) is 0 Å². The van der Waals surface area contributed by atoms with Crippen LogP contribution in [0.25, 0.3) is 0 Å². The van der Waals surface area contributed by atoms with Crippen LogP contribution in [0.4, 0.5) is 18.9 Å². The summed E-state index contributed by atoms with van der Waals surface area (Å²) < 4.78 is 45.9. The molecule has 25 heavy (non-hydrogen) atoms. The van der Waals surface area contributed by atoms with Crippen LogP contribution in [-0.2, 0) is 11.3 Å². The van der Waals surface area contributed by atoms with Gasteiger partial charge in [-0.05, 0) is 23.8 Å². The van der Waals surface area contributed by atoms with Gasteiger partial charge in [0.2, 0.25) is 5.88 Å². The van der Waals surface area contributed by atoms with Crippen molar-refractivity contribution >= 4 is 23.2 Å². The molecule has 0 atom stereocenters. The Labute approximate surface area is 146 Å². The predicted octanol–water partition coefficient (Wildman–Crippen LogP) is 4.07. The topological polar surface area (TPSA) is 60.5 Å². The Hall–Kier alpha value is -2.32. The van der Waals surface area contributed by atoms with Gasteiger partial charge in [0, 0.05) is 19.0 Å². The van der Waals surface area contributed by atoms with E-state index in [1.54, 1.807) is 25.3 Å². The lowest BCUT2D eigenvalue weighted by Crippen LogP contribution is -2.20. The number of benzene rings is 1. The number of ether oxygens (including phenoxy) is 2. The molecule has 5 nitrogen and oxygen atoms in total. The molecule has 1 heterocycles. The Morgan fingerprint density at radius 1 is 1.32 bits per heavy atom. The maximum absolute atomic E-state index is 12.2. The molecular formula is C16H14ClF3N2O3. The standard InChI is InChI=1S/C16H14ClF3N2O3/c1-24-8-10-3-2-4-12(5-10)22-14(23)11-6-13(17)15(21-7-11)25-9-16(18,19)20/h2-7H,8-9H2,1H3,(H,22,23). The van der Waals surface area contributed by atoms with E-state index in [0.717, 1.165) is 11.8 Å². The second-order valence-corrected chi connectivity index (χ2v) is 5.41. The molecule has 2 rings (SSSR count). The second-order valence-electron chi connectivity index (χ2n) is 5.00. The zero-order valence-electron chi connectivity index (χ0n) is 13.1. The van der Waals surface area contributed by atoms with Crippen molar-refractivity contribution in [3.05, 3.63) is 52.7 Å². The number of anilines is 1. The largest absolute Gasteiger partial charge is 0.467 e. The number of nitrogens with one attached hydrogen (secondary N) is 1. The zero-order valence-corrected chi connectivity index (χ0v) is 13.8. The molecule has 0 fully saturated rings. The number of aromatic nitrogens is 1. The van der Waals surface area contributed by atoms with Gasteiger partial charge in [0.1, 0.15) is 5.02 Å². The summed E-state index contributed by atoms with van der Waals surface area (Å²) in [6, 6.07) is 8.20. The summed E-state index contributed by atoms with van der Waals surface area (Å²) in [4.78, 5) is 15.9. The fraction of sp³-hybridized carbons (Fsp3) is 0.250. The van der Waals surface area contributed by atoms with E-state index in [2.05, 4.69) is 15.0 Å². The van der Waals surface area contributed by atoms with E-state index in [1.807, 2.05) is 6.07 Å². The van der Waals surface area contributed by atoms with Gasteiger partial charge < -0.3 is 14.8 Å². The first-order chi connectivity index (χ1) is 11.8. The molecular weight excluding hydrogens is 361 g/mol. The van der Waals surface area contributed by atoms with E-state index in [1.165, 1.54) is 6.07 Å². The lowest BCUT2D eigenvalue weighted by molar-refractivity contribution is -0.154. The summed E-state index contributed by atoms with van der Waals surface area (Å²) in [5, 5.41) is 2.46. The highest BCUT2D eigenvalue weighted by Crippen LogP contribution is 2.25. The summed E-state index contributed by atoms with van der Waals surface area (Å²) in [5.41, 5.74) is 1.49. The van der Waals surface area contributed by atoms with Crippen LogP contribution in [-0.4, -0.2) is 30.8 Å². The molecule has 0 saturated carbocycles. The summed E-state index contributed by atoms with van der Waals surface area (Å²) >= 11 is 5.82. The molecule has 2 aromatic rings. The molecule has 0 aliphatic heterocycles. The number of pyridine rings is 1. The van der Waals surface area contributed by atoms with Crippen molar-refractivity contribution in [2.75, 3.05) is 19.0 Å². The van der Waals surface area contributed by atoms with Gasteiger partial charge in [-0.25, -0.2) is 4.98 Å². The number of hydrogen-bond donors (Lipinski definition) is 1. The minimum atomic E-state index is -4.51. The number of halogens is 4. The first kappa shape index (κ1) is 19.0. The molecule has 0 saturated heterocycles. The Kier molecular flexibility index (Phi) is 6.22. The van der Waals surface area contributed by atoms with Crippen molar-refractivity contribution in [1.82, 2.24) is 4.98 Å². The molecule has 0 aliphatic rings. The van der Waals surface area contributed by atoms with Crippen molar-refractivity contribution in [2.24, 2.45) is 0 Å². The smallest absolute Gasteiger partial charge is 0.422 e. The van der Waals surface area contributed by atoms with Gasteiger partial charge in [-0.2, -0.15) is 13.2 Å². The maximum atomic E-state index is 12.2. The number of methoxy groups -OCH3 is 1. The molecule has 0 aliphatic carbocycles. The van der Waals surface area contributed by atoms with Gasteiger partial charge >= 0.3 is 6.18 Å². The molecule has 1 amide bonds. The highest BCUT2D eigenvalue weighted by Gasteiger charge is 2.29. The Morgan fingerprint density at radius 2 is 2.08 bits per heavy atom. The normalized spacial score (nSPS) is 11.2. The summed E-state index contributed by atoms with van der Waals surface area (Å²) in [6.45, 7) is -1.13. The quantitative estimate of drug-likeness (QED) is 0.827. The van der Waals surface area contributed by atoms with Crippen LogP contribution in [0.15, 0.2) is 36.5 Å². The number of hydrogen-bond acceptors (Lipinski definition) is 4. The van der Waals surface area contributed by atoms with Gasteiger partial charge in [-0.1, -0.05) is 23.7 Å². The zero-order chi connectivity index (χ0) is 18.4. The van der Waals surface area contributed by atoms with E-state index in [9.17, 15) is 18.0 Å². The summed E-state index contributed by atoms with van der Waals surface area (Å²) in [7, 11) is 1.56. The first-order valence-corrected chi connectivity index (χ1v) is 7.40. The average molecular weight is 375 g/mol. The predicted molar refractivity (Wildman–Crippen MR) is 85.9 cm³/mol. The van der Waals surface area contributed by atoms with E-state index in [-0.39, 0.29) is 10.6 Å². The lowest BCUT2D eigenvalue weighted by atomic mass is 10.2. The lowest BCUT2D eigenvalue weighted by Gasteiger charge is -2.11. The first-order valence-electron chi connectivity index (χ1n) is 7.03. The van der Waals surface area contributed by atoms with Crippen molar-refractivity contribution < 1.29 is 27.4 Å². The molecule has 134 valence electrons. The molecule has 1 aromatic heterocycles. The number of alkyl halides is 3. The van der Waals surface area contributed by atoms with Crippen LogP contribution in [0.3, 0.4) is 0 Å². The highest BCUT2D eigenvalue weighted by molar-refractivity contribution is 6.32. The molecule has 1 aromatic carbocycles. The number of carbonyl (C=O) groups is 1. The van der Waals surface area contributed by atoms with Crippen LogP contribution in [0.1, 0.15) is 15.9 Å². The number of nitrogens with zero attached hydrogens (tertiary/aromatic N) is 1. The van der Waals surface area contributed by atoms with E-state index in [0.29, 0.717) is 12.3 Å². The van der Waals surface area contributed by atoms with Gasteiger partial charge in [-0.15, -0.1) is 0 Å². The monoisotopic (exact) mass is 374 g/mol. The maximum Gasteiger partial charge on any atom is 0.422 e. The Bertz CT molecular complexity index is 754. The average Bonchev–Trinajstić information content (AvgIpc) is 2.53. The van der Waals surface area contributed by atoms with Gasteiger partial charge in [0.05, 0.1) is 12.2 Å². The molecule has 0 bridgehead atoms. The highest BCUT2D eigenvalue weighted by atomic mass is 35.5. The molecule has 0 spiro atoms. The Balaban J connectivity index is 2.07. The fourth-order valence-electron chi connectivity index (χ4n) is 1.91. The third-order valence-corrected chi connectivity index (χ3v) is 3.21. The van der Waals surface area contributed by atoms with Crippen LogP contribution < -0.4 is 10.1 Å². The minimum Gasteiger partial charge on any atom is -0.467 e. The Morgan fingerprint density at radius 3 is 2.72 bits per heavy atom. The number of rotatable bonds is 6.